The first-order valence-electron chi connectivity index (χ1n) is 5.79. The van der Waals surface area contributed by atoms with Crippen LogP contribution in [0.25, 0.3) is 0 Å². The summed E-state index contributed by atoms with van der Waals surface area (Å²) in [6.45, 7) is -0.0286. The molecule has 0 amide bonds. The number of ether oxygens (including phenoxy) is 1. The van der Waals surface area contributed by atoms with E-state index in [1.54, 1.807) is 7.05 Å². The first-order chi connectivity index (χ1) is 9.32. The van der Waals surface area contributed by atoms with Crippen LogP contribution in [0.15, 0.2) is 17.2 Å². The van der Waals surface area contributed by atoms with Crippen LogP contribution in [0, 0.1) is 0 Å². The molecular formula is C11H18ClN3O4S. The zero-order valence-corrected chi connectivity index (χ0v) is 13.1. The Kier molecular flexibility index (Phi) is 6.15. The third kappa shape index (κ3) is 4.03. The number of nitrogens with zero attached hydrogens (tertiary/aromatic N) is 2. The van der Waals surface area contributed by atoms with Crippen molar-refractivity contribution in [2.75, 3.05) is 39.7 Å². The molecule has 7 nitrogen and oxygen atoms in total. The maximum Gasteiger partial charge on any atom is 0.244 e. The molecule has 0 aliphatic heterocycles. The number of sulfonamides is 1. The van der Waals surface area contributed by atoms with Crippen molar-refractivity contribution in [3.63, 3.8) is 0 Å². The predicted molar refractivity (Wildman–Crippen MR) is 76.5 cm³/mol. The van der Waals surface area contributed by atoms with Gasteiger partial charge in [0, 0.05) is 33.9 Å². The summed E-state index contributed by atoms with van der Waals surface area (Å²) in [4.78, 5) is 3.89. The minimum Gasteiger partial charge on any atom is -0.389 e. The number of rotatable bonds is 7. The molecule has 20 heavy (non-hydrogen) atoms. The maximum absolute atomic E-state index is 12.3. The van der Waals surface area contributed by atoms with Gasteiger partial charge in [-0.1, -0.05) is 11.6 Å². The first kappa shape index (κ1) is 17.1. The molecule has 0 aromatic carbocycles. The number of aromatic nitrogens is 1. The molecule has 0 spiro atoms. The van der Waals surface area contributed by atoms with Crippen molar-refractivity contribution >= 4 is 27.4 Å². The molecule has 1 atom stereocenters. The summed E-state index contributed by atoms with van der Waals surface area (Å²) in [5, 5.41) is 12.5. The molecule has 0 saturated carbocycles. The molecule has 1 rings (SSSR count). The molecule has 9 heteroatoms. The lowest BCUT2D eigenvalue weighted by atomic mass is 10.4. The Morgan fingerprint density at radius 3 is 2.75 bits per heavy atom. The van der Waals surface area contributed by atoms with E-state index < -0.39 is 16.1 Å². The number of hydrogen-bond acceptors (Lipinski definition) is 6. The smallest absolute Gasteiger partial charge is 0.244 e. The standard InChI is InChI=1S/C11H18ClN3O4S/c1-13-11-10(12)4-9(5-14-11)20(17,18)15(2)6-8(16)7-19-3/h4-5,8,16H,6-7H2,1-3H3,(H,13,14). The largest absolute Gasteiger partial charge is 0.389 e. The molecule has 0 saturated heterocycles. The van der Waals surface area contributed by atoms with E-state index in [2.05, 4.69) is 10.3 Å². The minimum atomic E-state index is -3.76. The topological polar surface area (TPSA) is 91.8 Å². The summed E-state index contributed by atoms with van der Waals surface area (Å²) in [7, 11) is 0.675. The number of aliphatic hydroxyl groups is 1. The fourth-order valence-electron chi connectivity index (χ4n) is 1.57. The van der Waals surface area contributed by atoms with Crippen LogP contribution in [0.2, 0.25) is 5.02 Å². The number of hydrogen-bond donors (Lipinski definition) is 2. The van der Waals surface area contributed by atoms with Crippen molar-refractivity contribution in [2.45, 2.75) is 11.0 Å². The van der Waals surface area contributed by atoms with Gasteiger partial charge in [-0.3, -0.25) is 0 Å². The number of aliphatic hydroxyl groups excluding tert-OH is 1. The quantitative estimate of drug-likeness (QED) is 0.755. The molecule has 0 radical (unpaired) electrons. The van der Waals surface area contributed by atoms with E-state index in [0.29, 0.717) is 5.82 Å². The summed E-state index contributed by atoms with van der Waals surface area (Å²) in [6.07, 6.45) is 0.312. The van der Waals surface area contributed by atoms with E-state index in [-0.39, 0.29) is 23.1 Å². The van der Waals surface area contributed by atoms with Crippen LogP contribution >= 0.6 is 11.6 Å². The Morgan fingerprint density at radius 2 is 2.25 bits per heavy atom. The lowest BCUT2D eigenvalue weighted by Crippen LogP contribution is -2.36. The normalized spacial score (nSPS) is 13.5. The Labute approximate surface area is 123 Å². The van der Waals surface area contributed by atoms with Crippen LogP contribution in [-0.2, 0) is 14.8 Å². The van der Waals surface area contributed by atoms with Gasteiger partial charge < -0.3 is 15.2 Å². The van der Waals surface area contributed by atoms with Crippen LogP contribution in [0.3, 0.4) is 0 Å². The van der Waals surface area contributed by atoms with E-state index in [4.69, 9.17) is 16.3 Å². The lowest BCUT2D eigenvalue weighted by Gasteiger charge is -2.20. The van der Waals surface area contributed by atoms with Crippen molar-refractivity contribution in [1.29, 1.82) is 0 Å². The zero-order chi connectivity index (χ0) is 15.3. The summed E-state index contributed by atoms with van der Waals surface area (Å²) < 4.78 is 30.3. The van der Waals surface area contributed by atoms with E-state index in [9.17, 15) is 13.5 Å². The zero-order valence-electron chi connectivity index (χ0n) is 11.5. The molecule has 114 valence electrons. The van der Waals surface area contributed by atoms with Crippen molar-refractivity contribution in [2.24, 2.45) is 0 Å². The highest BCUT2D eigenvalue weighted by atomic mass is 35.5. The summed E-state index contributed by atoms with van der Waals surface area (Å²) >= 11 is 5.92. The van der Waals surface area contributed by atoms with Crippen molar-refractivity contribution in [1.82, 2.24) is 9.29 Å². The summed E-state index contributed by atoms with van der Waals surface area (Å²) in [5.74, 6) is 0.396. The molecule has 0 aliphatic carbocycles. The second-order valence-corrected chi connectivity index (χ2v) is 6.60. The molecule has 1 heterocycles. The van der Waals surface area contributed by atoms with Gasteiger partial charge in [-0.2, -0.15) is 4.31 Å². The maximum atomic E-state index is 12.3. The van der Waals surface area contributed by atoms with Gasteiger partial charge in [0.1, 0.15) is 10.7 Å². The van der Waals surface area contributed by atoms with Crippen molar-refractivity contribution in [3.8, 4) is 0 Å². The van der Waals surface area contributed by atoms with E-state index in [1.165, 1.54) is 26.4 Å². The Hall–Kier alpha value is -0.930. The number of nitrogens with one attached hydrogen (secondary N) is 1. The van der Waals surface area contributed by atoms with Gasteiger partial charge in [-0.05, 0) is 6.07 Å². The van der Waals surface area contributed by atoms with Crippen LogP contribution < -0.4 is 5.32 Å². The van der Waals surface area contributed by atoms with Gasteiger partial charge in [0.2, 0.25) is 10.0 Å². The fraction of sp³-hybridized carbons (Fsp3) is 0.545. The highest BCUT2D eigenvalue weighted by molar-refractivity contribution is 7.89. The first-order valence-corrected chi connectivity index (χ1v) is 7.61. The highest BCUT2D eigenvalue weighted by Gasteiger charge is 2.24. The third-order valence-electron chi connectivity index (χ3n) is 2.59. The highest BCUT2D eigenvalue weighted by Crippen LogP contribution is 2.23. The Morgan fingerprint density at radius 1 is 1.60 bits per heavy atom. The molecule has 1 aromatic heterocycles. The number of likely N-dealkylation sites (N-methyl/N-ethyl adjacent to an activating group) is 1. The van der Waals surface area contributed by atoms with Gasteiger partial charge in [0.25, 0.3) is 0 Å². The Bertz CT molecular complexity index is 553. The molecule has 0 bridgehead atoms. The van der Waals surface area contributed by atoms with E-state index in [0.717, 1.165) is 4.31 Å². The monoisotopic (exact) mass is 323 g/mol. The van der Waals surface area contributed by atoms with Crippen LogP contribution in [0.5, 0.6) is 0 Å². The summed E-state index contributed by atoms with van der Waals surface area (Å²) in [6, 6.07) is 1.31. The lowest BCUT2D eigenvalue weighted by molar-refractivity contribution is 0.0554. The average Bonchev–Trinajstić information content (AvgIpc) is 2.38. The Balaban J connectivity index is 2.95. The molecular weight excluding hydrogens is 306 g/mol. The van der Waals surface area contributed by atoms with Gasteiger partial charge in [-0.25, -0.2) is 13.4 Å². The van der Waals surface area contributed by atoms with E-state index >= 15 is 0 Å². The molecule has 1 aromatic rings. The molecule has 2 N–H and O–H groups in total. The predicted octanol–water partition coefficient (Wildman–Crippen LogP) is 0.404. The SMILES string of the molecule is CNc1ncc(S(=O)(=O)N(C)CC(O)COC)cc1Cl. The molecule has 0 fully saturated rings. The number of halogens is 1. The molecule has 1 unspecified atom stereocenters. The fourth-order valence-corrected chi connectivity index (χ4v) is 3.07. The van der Waals surface area contributed by atoms with Crippen LogP contribution in [-0.4, -0.2) is 63.3 Å². The van der Waals surface area contributed by atoms with Crippen LogP contribution in [0.1, 0.15) is 0 Å². The second kappa shape index (κ2) is 7.19. The molecule has 0 aliphatic rings. The van der Waals surface area contributed by atoms with Gasteiger partial charge in [0.15, 0.2) is 0 Å². The number of methoxy groups -OCH3 is 1. The van der Waals surface area contributed by atoms with Crippen molar-refractivity contribution in [3.05, 3.63) is 17.3 Å². The number of anilines is 1. The average molecular weight is 324 g/mol. The van der Waals surface area contributed by atoms with Gasteiger partial charge in [0.05, 0.1) is 17.7 Å². The third-order valence-corrected chi connectivity index (χ3v) is 4.66. The van der Waals surface area contributed by atoms with Crippen LogP contribution in [0.4, 0.5) is 5.82 Å². The minimum absolute atomic E-state index is 0.0337. The van der Waals surface area contributed by atoms with Gasteiger partial charge in [-0.15, -0.1) is 0 Å². The number of pyridine rings is 1. The summed E-state index contributed by atoms with van der Waals surface area (Å²) in [5.41, 5.74) is 0. The van der Waals surface area contributed by atoms with Crippen molar-refractivity contribution < 1.29 is 18.3 Å². The van der Waals surface area contributed by atoms with E-state index in [1.807, 2.05) is 0 Å². The van der Waals surface area contributed by atoms with Gasteiger partial charge >= 0.3 is 0 Å². The second-order valence-electron chi connectivity index (χ2n) is 4.15.